The summed E-state index contributed by atoms with van der Waals surface area (Å²) in [5.41, 5.74) is 1.91. The van der Waals surface area contributed by atoms with Crippen molar-refractivity contribution >= 4 is 11.6 Å². The minimum Gasteiger partial charge on any atom is -0.454 e. The van der Waals surface area contributed by atoms with Crippen molar-refractivity contribution in [3.63, 3.8) is 0 Å². The summed E-state index contributed by atoms with van der Waals surface area (Å²) < 4.78 is 32.1. The summed E-state index contributed by atoms with van der Waals surface area (Å²) in [7, 11) is 0. The molecule has 0 spiro atoms. The fourth-order valence-electron chi connectivity index (χ4n) is 2.27. The van der Waals surface area contributed by atoms with Gasteiger partial charge in [0.1, 0.15) is 11.6 Å². The molecule has 0 atom stereocenters. The molecule has 0 aliphatic heterocycles. The average molecular weight is 339 g/mol. The van der Waals surface area contributed by atoms with Crippen molar-refractivity contribution in [2.24, 2.45) is 0 Å². The van der Waals surface area contributed by atoms with Crippen LogP contribution in [0.3, 0.4) is 0 Å². The van der Waals surface area contributed by atoms with E-state index in [4.69, 9.17) is 4.74 Å². The molecule has 0 unspecified atom stereocenters. The van der Waals surface area contributed by atoms with E-state index in [9.17, 15) is 13.6 Å². The first-order valence-corrected chi connectivity index (χ1v) is 7.63. The lowest BCUT2D eigenvalue weighted by atomic mass is 10.1. The van der Waals surface area contributed by atoms with Crippen molar-refractivity contribution in [2.45, 2.75) is 6.92 Å². The predicted octanol–water partition coefficient (Wildman–Crippen LogP) is 5.32. The van der Waals surface area contributed by atoms with Gasteiger partial charge in [0.05, 0.1) is 0 Å². The van der Waals surface area contributed by atoms with Crippen LogP contribution in [0, 0.1) is 18.6 Å². The Morgan fingerprint density at radius 2 is 1.72 bits per heavy atom. The first-order chi connectivity index (χ1) is 12.0. The number of halogens is 2. The second-order valence-corrected chi connectivity index (χ2v) is 5.47. The van der Waals surface area contributed by atoms with Crippen LogP contribution in [-0.4, -0.2) is 5.91 Å². The van der Waals surface area contributed by atoms with Crippen LogP contribution in [0.2, 0.25) is 0 Å². The minimum atomic E-state index is -0.796. The van der Waals surface area contributed by atoms with Gasteiger partial charge in [0.2, 0.25) is 0 Å². The van der Waals surface area contributed by atoms with Crippen LogP contribution in [0.4, 0.5) is 14.5 Å². The first-order valence-electron chi connectivity index (χ1n) is 7.63. The molecule has 3 aromatic rings. The van der Waals surface area contributed by atoms with Crippen LogP contribution >= 0.6 is 0 Å². The molecule has 0 aliphatic carbocycles. The van der Waals surface area contributed by atoms with Gasteiger partial charge in [-0.15, -0.1) is 0 Å². The van der Waals surface area contributed by atoms with E-state index in [1.807, 2.05) is 13.0 Å². The highest BCUT2D eigenvalue weighted by Gasteiger charge is 2.10. The molecule has 126 valence electrons. The molecule has 0 aromatic heterocycles. The molecule has 0 heterocycles. The Labute approximate surface area is 143 Å². The summed E-state index contributed by atoms with van der Waals surface area (Å²) >= 11 is 0. The van der Waals surface area contributed by atoms with Gasteiger partial charge in [-0.3, -0.25) is 4.79 Å². The van der Waals surface area contributed by atoms with Gasteiger partial charge in [0.15, 0.2) is 11.6 Å². The van der Waals surface area contributed by atoms with E-state index in [1.165, 1.54) is 6.07 Å². The maximum absolute atomic E-state index is 13.7. The van der Waals surface area contributed by atoms with E-state index >= 15 is 0 Å². The monoisotopic (exact) mass is 339 g/mol. The van der Waals surface area contributed by atoms with Gasteiger partial charge in [0.25, 0.3) is 5.91 Å². The molecule has 0 radical (unpaired) electrons. The van der Waals surface area contributed by atoms with Crippen molar-refractivity contribution in [3.8, 4) is 11.5 Å². The quantitative estimate of drug-likeness (QED) is 0.699. The smallest absolute Gasteiger partial charge is 0.255 e. The van der Waals surface area contributed by atoms with Crippen molar-refractivity contribution in [1.29, 1.82) is 0 Å². The fourth-order valence-corrected chi connectivity index (χ4v) is 2.27. The maximum atomic E-state index is 13.7. The van der Waals surface area contributed by atoms with Gasteiger partial charge in [0, 0.05) is 23.4 Å². The second-order valence-electron chi connectivity index (χ2n) is 5.47. The number of anilines is 1. The zero-order valence-electron chi connectivity index (χ0n) is 13.4. The zero-order chi connectivity index (χ0) is 17.8. The molecule has 1 amide bonds. The van der Waals surface area contributed by atoms with Crippen LogP contribution in [0.15, 0.2) is 66.7 Å². The zero-order valence-corrected chi connectivity index (χ0v) is 13.4. The Balaban J connectivity index is 1.82. The molecule has 1 N–H and O–H groups in total. The van der Waals surface area contributed by atoms with Gasteiger partial charge in [-0.1, -0.05) is 24.3 Å². The molecular formula is C20H15F2NO2. The van der Waals surface area contributed by atoms with Crippen molar-refractivity contribution in [3.05, 3.63) is 89.5 Å². The highest BCUT2D eigenvalue weighted by Crippen LogP contribution is 2.29. The SMILES string of the molecule is Cc1ccc(Oc2ccc(F)cc2F)cc1NC(=O)c1ccccc1. The van der Waals surface area contributed by atoms with E-state index in [0.29, 0.717) is 17.0 Å². The number of rotatable bonds is 4. The second kappa shape index (κ2) is 7.13. The first kappa shape index (κ1) is 16.6. The summed E-state index contributed by atoms with van der Waals surface area (Å²) in [4.78, 5) is 12.3. The number of benzene rings is 3. The van der Waals surface area contributed by atoms with E-state index in [1.54, 1.807) is 42.5 Å². The third-order valence-electron chi connectivity index (χ3n) is 3.61. The molecule has 5 heteroatoms. The van der Waals surface area contributed by atoms with E-state index in [-0.39, 0.29) is 11.7 Å². The van der Waals surface area contributed by atoms with Crippen LogP contribution in [-0.2, 0) is 0 Å². The summed E-state index contributed by atoms with van der Waals surface area (Å²) in [6.45, 7) is 1.84. The van der Waals surface area contributed by atoms with Gasteiger partial charge < -0.3 is 10.1 Å². The van der Waals surface area contributed by atoms with Crippen molar-refractivity contribution < 1.29 is 18.3 Å². The average Bonchev–Trinajstić information content (AvgIpc) is 2.61. The van der Waals surface area contributed by atoms with Gasteiger partial charge in [-0.05, 0) is 42.8 Å². The van der Waals surface area contributed by atoms with Gasteiger partial charge in [-0.2, -0.15) is 0 Å². The summed E-state index contributed by atoms with van der Waals surface area (Å²) in [6, 6.07) is 16.9. The molecule has 3 nitrogen and oxygen atoms in total. The largest absolute Gasteiger partial charge is 0.454 e. The fraction of sp³-hybridized carbons (Fsp3) is 0.0500. The van der Waals surface area contributed by atoms with E-state index < -0.39 is 11.6 Å². The molecule has 0 aliphatic rings. The molecular weight excluding hydrogens is 324 g/mol. The lowest BCUT2D eigenvalue weighted by Gasteiger charge is -2.12. The number of ether oxygens (including phenoxy) is 1. The molecule has 3 rings (SSSR count). The van der Waals surface area contributed by atoms with E-state index in [2.05, 4.69) is 5.32 Å². The lowest BCUT2D eigenvalue weighted by molar-refractivity contribution is 0.102. The van der Waals surface area contributed by atoms with Crippen molar-refractivity contribution in [1.82, 2.24) is 0 Å². The number of hydrogen-bond donors (Lipinski definition) is 1. The minimum absolute atomic E-state index is 0.0920. The highest BCUT2D eigenvalue weighted by molar-refractivity contribution is 6.04. The van der Waals surface area contributed by atoms with Gasteiger partial charge in [-0.25, -0.2) is 8.78 Å². The molecule has 0 saturated heterocycles. The van der Waals surface area contributed by atoms with Crippen LogP contribution < -0.4 is 10.1 Å². The molecule has 0 bridgehead atoms. The molecule has 0 saturated carbocycles. The normalized spacial score (nSPS) is 10.4. The lowest BCUT2D eigenvalue weighted by Crippen LogP contribution is -2.12. The molecule has 3 aromatic carbocycles. The number of amides is 1. The molecule has 25 heavy (non-hydrogen) atoms. The number of hydrogen-bond acceptors (Lipinski definition) is 2. The third kappa shape index (κ3) is 4.01. The van der Waals surface area contributed by atoms with Crippen LogP contribution in [0.1, 0.15) is 15.9 Å². The summed E-state index contributed by atoms with van der Waals surface area (Å²) in [5, 5.41) is 2.80. The van der Waals surface area contributed by atoms with Crippen LogP contribution in [0.25, 0.3) is 0 Å². The highest BCUT2D eigenvalue weighted by atomic mass is 19.1. The number of carbonyl (C=O) groups excluding carboxylic acids is 1. The Kier molecular flexibility index (Phi) is 4.75. The third-order valence-corrected chi connectivity index (χ3v) is 3.61. The van der Waals surface area contributed by atoms with Crippen LogP contribution in [0.5, 0.6) is 11.5 Å². The Bertz CT molecular complexity index is 911. The maximum Gasteiger partial charge on any atom is 0.255 e. The number of aryl methyl sites for hydroxylation is 1. The summed E-state index contributed by atoms with van der Waals surface area (Å²) in [6.07, 6.45) is 0. The van der Waals surface area contributed by atoms with E-state index in [0.717, 1.165) is 17.7 Å². The Hall–Kier alpha value is -3.21. The Morgan fingerprint density at radius 3 is 2.44 bits per heavy atom. The predicted molar refractivity (Wildman–Crippen MR) is 92.0 cm³/mol. The van der Waals surface area contributed by atoms with Gasteiger partial charge >= 0.3 is 0 Å². The number of nitrogens with one attached hydrogen (secondary N) is 1. The number of carbonyl (C=O) groups is 1. The van der Waals surface area contributed by atoms with Crippen molar-refractivity contribution in [2.75, 3.05) is 5.32 Å². The molecule has 0 fully saturated rings. The topological polar surface area (TPSA) is 38.3 Å². The Morgan fingerprint density at radius 1 is 0.960 bits per heavy atom. The standard InChI is InChI=1S/C20H15F2NO2/c1-13-7-9-16(25-19-10-8-15(21)11-17(19)22)12-18(13)23-20(24)14-5-3-2-4-6-14/h2-12H,1H3,(H,23,24). The summed E-state index contributed by atoms with van der Waals surface area (Å²) in [5.74, 6) is -1.49.